The predicted molar refractivity (Wildman–Crippen MR) is 107 cm³/mol. The van der Waals surface area contributed by atoms with Crippen molar-refractivity contribution in [3.05, 3.63) is 64.8 Å². The summed E-state index contributed by atoms with van der Waals surface area (Å²) in [6.45, 7) is 6.08. The highest BCUT2D eigenvalue weighted by Crippen LogP contribution is 2.22. The molecular weight excluding hydrogens is 397 g/mol. The molecule has 9 heteroatoms. The molecule has 0 N–H and O–H groups in total. The summed E-state index contributed by atoms with van der Waals surface area (Å²) < 4.78 is 20.4. The highest BCUT2D eigenvalue weighted by atomic mass is 35.5. The van der Waals surface area contributed by atoms with Crippen LogP contribution < -0.4 is 4.74 Å². The van der Waals surface area contributed by atoms with Crippen molar-refractivity contribution < 1.29 is 13.9 Å². The smallest absolute Gasteiger partial charge is 0.256 e. The van der Waals surface area contributed by atoms with Crippen LogP contribution in [0.5, 0.6) is 5.88 Å². The van der Waals surface area contributed by atoms with Crippen LogP contribution in [0, 0.1) is 12.7 Å². The lowest BCUT2D eigenvalue weighted by Crippen LogP contribution is -2.42. The Morgan fingerprint density at radius 1 is 1.31 bits per heavy atom. The zero-order valence-electron chi connectivity index (χ0n) is 16.3. The number of hydrogen-bond donors (Lipinski definition) is 0. The van der Waals surface area contributed by atoms with Crippen molar-refractivity contribution in [2.45, 2.75) is 26.8 Å². The Balaban J connectivity index is 1.84. The van der Waals surface area contributed by atoms with Crippen LogP contribution in [0.4, 0.5) is 4.39 Å². The Kier molecular flexibility index (Phi) is 6.43. The minimum Gasteiger partial charge on any atom is -0.475 e. The molecule has 3 aromatic rings. The second-order valence-electron chi connectivity index (χ2n) is 6.53. The maximum Gasteiger partial charge on any atom is 0.256 e. The molecule has 0 unspecified atom stereocenters. The molecule has 2 heterocycles. The van der Waals surface area contributed by atoms with Crippen LogP contribution in [-0.4, -0.2) is 50.0 Å². The van der Waals surface area contributed by atoms with Crippen molar-refractivity contribution in [3.8, 4) is 11.6 Å². The van der Waals surface area contributed by atoms with Crippen molar-refractivity contribution in [2.24, 2.45) is 0 Å². The van der Waals surface area contributed by atoms with Crippen LogP contribution in [0.25, 0.3) is 5.69 Å². The molecule has 29 heavy (non-hydrogen) atoms. The summed E-state index contributed by atoms with van der Waals surface area (Å²) in [6.07, 6.45) is 4.35. The molecule has 0 aliphatic carbocycles. The lowest BCUT2D eigenvalue weighted by atomic mass is 10.1. The normalized spacial score (nSPS) is 11.9. The molecule has 0 bridgehead atoms. The molecule has 0 fully saturated rings. The van der Waals surface area contributed by atoms with Gasteiger partial charge in [0.1, 0.15) is 12.3 Å². The monoisotopic (exact) mass is 417 g/mol. The summed E-state index contributed by atoms with van der Waals surface area (Å²) in [6, 6.07) is 6.04. The fourth-order valence-electron chi connectivity index (χ4n) is 2.99. The van der Waals surface area contributed by atoms with E-state index in [1.807, 2.05) is 13.8 Å². The molecule has 0 saturated carbocycles. The van der Waals surface area contributed by atoms with Gasteiger partial charge in [0.05, 0.1) is 29.0 Å². The Bertz CT molecular complexity index is 979. The number of aryl methyl sites for hydroxylation is 1. The third-order valence-corrected chi connectivity index (χ3v) is 4.59. The molecule has 1 aromatic carbocycles. The first-order valence-corrected chi connectivity index (χ1v) is 9.50. The van der Waals surface area contributed by atoms with Gasteiger partial charge in [-0.1, -0.05) is 11.6 Å². The predicted octanol–water partition coefficient (Wildman–Crippen LogP) is 3.69. The number of amides is 1. The molecule has 1 amide bonds. The third kappa shape index (κ3) is 4.71. The van der Waals surface area contributed by atoms with Gasteiger partial charge in [0.15, 0.2) is 5.82 Å². The highest BCUT2D eigenvalue weighted by molar-refractivity contribution is 6.30. The number of nitrogens with zero attached hydrogens (tertiary/aromatic N) is 5. The van der Waals surface area contributed by atoms with E-state index < -0.39 is 5.82 Å². The maximum absolute atomic E-state index is 14.7. The van der Waals surface area contributed by atoms with E-state index in [9.17, 15) is 9.18 Å². The van der Waals surface area contributed by atoms with Crippen LogP contribution in [0.3, 0.4) is 0 Å². The van der Waals surface area contributed by atoms with E-state index in [0.29, 0.717) is 23.0 Å². The molecule has 0 aliphatic rings. The second-order valence-corrected chi connectivity index (χ2v) is 6.96. The summed E-state index contributed by atoms with van der Waals surface area (Å²) in [5.41, 5.74) is 0.848. The van der Waals surface area contributed by atoms with Crippen molar-refractivity contribution in [2.75, 3.05) is 13.2 Å². The van der Waals surface area contributed by atoms with Crippen LogP contribution in [0.15, 0.2) is 42.9 Å². The van der Waals surface area contributed by atoms with Crippen molar-refractivity contribution in [1.82, 2.24) is 24.9 Å². The highest BCUT2D eigenvalue weighted by Gasteiger charge is 2.26. The van der Waals surface area contributed by atoms with Gasteiger partial charge in [0.2, 0.25) is 5.88 Å². The van der Waals surface area contributed by atoms with E-state index in [0.717, 1.165) is 4.80 Å². The molecule has 2 aromatic heterocycles. The summed E-state index contributed by atoms with van der Waals surface area (Å²) in [5.74, 6) is -0.481. The van der Waals surface area contributed by atoms with E-state index in [-0.39, 0.29) is 29.8 Å². The summed E-state index contributed by atoms with van der Waals surface area (Å²) >= 11 is 5.83. The Morgan fingerprint density at radius 2 is 2.03 bits per heavy atom. The Hall–Kier alpha value is -3.00. The molecule has 7 nitrogen and oxygen atoms in total. The van der Waals surface area contributed by atoms with Gasteiger partial charge < -0.3 is 9.64 Å². The number of pyridine rings is 1. The van der Waals surface area contributed by atoms with Crippen LogP contribution in [0.2, 0.25) is 5.02 Å². The first kappa shape index (κ1) is 20.7. The Morgan fingerprint density at radius 3 is 2.66 bits per heavy atom. The molecule has 3 rings (SSSR count). The maximum atomic E-state index is 14.7. The van der Waals surface area contributed by atoms with Crippen LogP contribution in [-0.2, 0) is 0 Å². The minimum atomic E-state index is -0.560. The van der Waals surface area contributed by atoms with Gasteiger partial charge in [-0.3, -0.25) is 4.79 Å². The number of ether oxygens (including phenoxy) is 1. The van der Waals surface area contributed by atoms with E-state index in [1.54, 1.807) is 30.0 Å². The summed E-state index contributed by atoms with van der Waals surface area (Å²) in [7, 11) is 0. The lowest BCUT2D eigenvalue weighted by Gasteiger charge is -2.28. The number of likely N-dealkylation sites (N-methyl/N-ethyl adjacent to an activating group) is 1. The standard InChI is InChI=1S/C20H21ClFN5O2/c1-4-26(14(3)12-29-18-6-5-15(21)11-23-18)20(28)16-9-13(2)10-17(22)19(16)27-24-7-8-25-27/h5-11,14H,4,12H2,1-3H3/t14-/m0/s1. The quantitative estimate of drug-likeness (QED) is 0.586. The fourth-order valence-corrected chi connectivity index (χ4v) is 3.10. The zero-order chi connectivity index (χ0) is 21.0. The number of carbonyl (C=O) groups is 1. The third-order valence-electron chi connectivity index (χ3n) is 4.36. The van der Waals surface area contributed by atoms with Crippen molar-refractivity contribution >= 4 is 17.5 Å². The van der Waals surface area contributed by atoms with Gasteiger partial charge in [-0.05, 0) is 44.5 Å². The first-order valence-electron chi connectivity index (χ1n) is 9.12. The second kappa shape index (κ2) is 9.00. The van der Waals surface area contributed by atoms with Gasteiger partial charge >= 0.3 is 0 Å². The number of rotatable bonds is 7. The topological polar surface area (TPSA) is 73.1 Å². The molecule has 0 saturated heterocycles. The van der Waals surface area contributed by atoms with Gasteiger partial charge in [0.25, 0.3) is 5.91 Å². The minimum absolute atomic E-state index is 0.0246. The fraction of sp³-hybridized carbons (Fsp3) is 0.300. The molecule has 152 valence electrons. The van der Waals surface area contributed by atoms with Crippen molar-refractivity contribution in [3.63, 3.8) is 0 Å². The number of hydrogen-bond acceptors (Lipinski definition) is 5. The van der Waals surface area contributed by atoms with E-state index in [2.05, 4.69) is 15.2 Å². The van der Waals surface area contributed by atoms with E-state index >= 15 is 0 Å². The number of carbonyl (C=O) groups excluding carboxylic acids is 1. The van der Waals surface area contributed by atoms with Gasteiger partial charge in [0, 0.05) is 18.8 Å². The SMILES string of the molecule is CCN(C(=O)c1cc(C)cc(F)c1-n1nccn1)[C@@H](C)COc1ccc(Cl)cn1. The zero-order valence-corrected chi connectivity index (χ0v) is 17.1. The number of aromatic nitrogens is 4. The average molecular weight is 418 g/mol. The Labute approximate surface area is 173 Å². The van der Waals surface area contributed by atoms with Gasteiger partial charge in [-0.15, -0.1) is 4.80 Å². The van der Waals surface area contributed by atoms with Gasteiger partial charge in [-0.25, -0.2) is 9.37 Å². The first-order chi connectivity index (χ1) is 13.9. The number of benzene rings is 1. The van der Waals surface area contributed by atoms with Crippen molar-refractivity contribution in [1.29, 1.82) is 0 Å². The summed E-state index contributed by atoms with van der Waals surface area (Å²) in [5, 5.41) is 8.48. The summed E-state index contributed by atoms with van der Waals surface area (Å²) in [4.78, 5) is 20.1. The van der Waals surface area contributed by atoms with E-state index in [4.69, 9.17) is 16.3 Å². The lowest BCUT2D eigenvalue weighted by molar-refractivity contribution is 0.0645. The number of halogens is 2. The van der Waals surface area contributed by atoms with Crippen LogP contribution >= 0.6 is 11.6 Å². The molecule has 0 aliphatic heterocycles. The molecule has 1 atom stereocenters. The largest absolute Gasteiger partial charge is 0.475 e. The van der Waals surface area contributed by atoms with Crippen LogP contribution in [0.1, 0.15) is 29.8 Å². The average Bonchev–Trinajstić information content (AvgIpc) is 3.21. The molecule has 0 radical (unpaired) electrons. The molecular formula is C20H21ClFN5O2. The van der Waals surface area contributed by atoms with E-state index in [1.165, 1.54) is 24.7 Å². The molecule has 0 spiro atoms. The van der Waals surface area contributed by atoms with Gasteiger partial charge in [-0.2, -0.15) is 10.2 Å².